The molecule has 0 fully saturated rings. The highest BCUT2D eigenvalue weighted by molar-refractivity contribution is 7.45. The maximum absolute atomic E-state index is 12.6. The van der Waals surface area contributed by atoms with Gasteiger partial charge < -0.3 is 33.0 Å². The van der Waals surface area contributed by atoms with Crippen molar-refractivity contribution in [3.63, 3.8) is 0 Å². The van der Waals surface area contributed by atoms with Crippen molar-refractivity contribution in [3.8, 4) is 0 Å². The summed E-state index contributed by atoms with van der Waals surface area (Å²) in [6, 6.07) is 0. The summed E-state index contributed by atoms with van der Waals surface area (Å²) in [6.07, 6.45) is 36.6. The number of ether oxygens (including phenoxy) is 2. The number of aliphatic hydroxyl groups excluding tert-OH is 1. The molecule has 0 bridgehead atoms. The van der Waals surface area contributed by atoms with Crippen LogP contribution >= 0.6 is 7.82 Å². The maximum Gasteiger partial charge on any atom is 0.306 e. The van der Waals surface area contributed by atoms with Crippen LogP contribution in [-0.2, 0) is 32.7 Å². The molecule has 0 aliphatic rings. The Balaban J connectivity index is 4.48. The van der Waals surface area contributed by atoms with Gasteiger partial charge in [0.2, 0.25) is 0 Å². The van der Waals surface area contributed by atoms with E-state index < -0.39 is 32.5 Å². The topological polar surface area (TPSA) is 131 Å². The average molecular weight is 784 g/mol. The van der Waals surface area contributed by atoms with Gasteiger partial charge in [-0.15, -0.1) is 0 Å². The number of allylic oxidation sites excluding steroid dienone is 8. The van der Waals surface area contributed by atoms with Gasteiger partial charge in [-0.25, -0.2) is 0 Å². The van der Waals surface area contributed by atoms with Crippen LogP contribution in [0.15, 0.2) is 48.6 Å². The molecule has 0 amide bonds. The SMILES string of the molecule is CCCCCCCCCCCCCCC(=O)O[C@H](COC(=O)CCC/C=C\C/C=C\C/C=C\C/C=C\CC[C@@H](O)CC)COP(=O)([O-])OCC[N+](C)(C)C. The van der Waals surface area contributed by atoms with Gasteiger partial charge in [-0.3, -0.25) is 14.2 Å². The molecule has 0 aromatic rings. The van der Waals surface area contributed by atoms with Gasteiger partial charge in [0.15, 0.2) is 6.10 Å². The normalized spacial score (nSPS) is 14.7. The molecule has 10 nitrogen and oxygen atoms in total. The van der Waals surface area contributed by atoms with Gasteiger partial charge in [-0.2, -0.15) is 0 Å². The predicted molar refractivity (Wildman–Crippen MR) is 219 cm³/mol. The molecule has 314 valence electrons. The maximum atomic E-state index is 12.6. The van der Waals surface area contributed by atoms with Gasteiger partial charge in [0.05, 0.1) is 33.9 Å². The third-order valence-corrected chi connectivity index (χ3v) is 9.73. The number of esters is 2. The number of nitrogens with zero attached hydrogens (tertiary/aromatic N) is 1. The lowest BCUT2D eigenvalue weighted by Gasteiger charge is -2.28. The third kappa shape index (κ3) is 38.2. The number of hydrogen-bond acceptors (Lipinski definition) is 9. The molecule has 0 spiro atoms. The zero-order valence-corrected chi connectivity index (χ0v) is 35.7. The number of phosphoric acid groups is 1. The van der Waals surface area contributed by atoms with Gasteiger partial charge in [0.25, 0.3) is 7.82 Å². The van der Waals surface area contributed by atoms with E-state index in [1.165, 1.54) is 51.4 Å². The van der Waals surface area contributed by atoms with Crippen molar-refractivity contribution in [3.05, 3.63) is 48.6 Å². The summed E-state index contributed by atoms with van der Waals surface area (Å²) in [5.41, 5.74) is 0. The van der Waals surface area contributed by atoms with Gasteiger partial charge in [0, 0.05) is 12.8 Å². The molecular weight excluding hydrogens is 705 g/mol. The number of unbranched alkanes of at least 4 members (excludes halogenated alkanes) is 12. The Morgan fingerprint density at radius 1 is 0.667 bits per heavy atom. The highest BCUT2D eigenvalue weighted by atomic mass is 31.2. The minimum absolute atomic E-state index is 0.0455. The smallest absolute Gasteiger partial charge is 0.306 e. The number of aliphatic hydroxyl groups is 1. The lowest BCUT2D eigenvalue weighted by Crippen LogP contribution is -2.37. The van der Waals surface area contributed by atoms with Crippen molar-refractivity contribution >= 4 is 19.8 Å². The lowest BCUT2D eigenvalue weighted by atomic mass is 10.0. The van der Waals surface area contributed by atoms with Crippen LogP contribution < -0.4 is 4.89 Å². The number of carbonyl (C=O) groups excluding carboxylic acids is 2. The van der Waals surface area contributed by atoms with Crippen LogP contribution in [0.25, 0.3) is 0 Å². The Morgan fingerprint density at radius 3 is 1.70 bits per heavy atom. The first-order chi connectivity index (χ1) is 25.9. The zero-order valence-electron chi connectivity index (χ0n) is 34.8. The number of phosphoric ester groups is 1. The molecular formula is C43H78NO9P. The largest absolute Gasteiger partial charge is 0.756 e. The van der Waals surface area contributed by atoms with E-state index in [-0.39, 0.29) is 32.2 Å². The summed E-state index contributed by atoms with van der Waals surface area (Å²) >= 11 is 0. The van der Waals surface area contributed by atoms with Crippen LogP contribution in [0.1, 0.15) is 155 Å². The van der Waals surface area contributed by atoms with Crippen molar-refractivity contribution in [1.29, 1.82) is 0 Å². The summed E-state index contributed by atoms with van der Waals surface area (Å²) in [6.45, 7) is 3.85. The zero-order chi connectivity index (χ0) is 40.2. The first-order valence-corrected chi connectivity index (χ1v) is 22.4. The summed E-state index contributed by atoms with van der Waals surface area (Å²) in [5, 5.41) is 9.56. The van der Waals surface area contributed by atoms with Crippen molar-refractivity contribution in [2.75, 3.05) is 47.5 Å². The van der Waals surface area contributed by atoms with E-state index in [2.05, 4.69) is 49.5 Å². The molecule has 0 heterocycles. The number of hydrogen-bond donors (Lipinski definition) is 1. The van der Waals surface area contributed by atoms with Crippen molar-refractivity contribution in [1.82, 2.24) is 0 Å². The molecule has 0 radical (unpaired) electrons. The van der Waals surface area contributed by atoms with Crippen LogP contribution in [0.2, 0.25) is 0 Å². The standard InChI is InChI=1S/C43H78NO9P/c1-6-8-9-10-11-12-13-19-23-26-29-32-35-43(47)53-41(39-52-54(48,49)51-37-36-44(3,4)5)38-50-42(46)34-31-28-25-22-20-17-15-14-16-18-21-24-27-30-33-40(45)7-2/h15-18,22,24-25,27,40-41,45H,6-14,19-21,23,26,28-39H2,1-5H3/b17-15-,18-16-,25-22-,27-24-/t40-,41+/m0/s1. The number of rotatable bonds is 37. The second-order valence-electron chi connectivity index (χ2n) is 15.1. The highest BCUT2D eigenvalue weighted by Crippen LogP contribution is 2.38. The molecule has 0 saturated carbocycles. The monoisotopic (exact) mass is 784 g/mol. The Kier molecular flexibility index (Phi) is 34.0. The molecule has 0 saturated heterocycles. The Bertz CT molecular complexity index is 1080. The molecule has 0 aliphatic carbocycles. The molecule has 0 rings (SSSR count). The van der Waals surface area contributed by atoms with Crippen molar-refractivity contribution in [2.24, 2.45) is 0 Å². The number of likely N-dealkylation sites (N-methyl/N-ethyl adjacent to an activating group) is 1. The van der Waals surface area contributed by atoms with E-state index in [9.17, 15) is 24.2 Å². The summed E-state index contributed by atoms with van der Waals surface area (Å²) in [7, 11) is 1.11. The van der Waals surface area contributed by atoms with Crippen LogP contribution in [-0.4, -0.2) is 81.2 Å². The molecule has 0 aromatic heterocycles. The quantitative estimate of drug-likeness (QED) is 0.0215. The first-order valence-electron chi connectivity index (χ1n) is 20.9. The summed E-state index contributed by atoms with van der Waals surface area (Å²) in [5.74, 6) is -0.920. The Labute approximate surface area is 329 Å². The van der Waals surface area contributed by atoms with Gasteiger partial charge in [0.1, 0.15) is 19.8 Å². The number of quaternary nitrogens is 1. The Hall–Kier alpha value is -2.07. The Morgan fingerprint density at radius 2 is 1.17 bits per heavy atom. The molecule has 3 atom stereocenters. The van der Waals surface area contributed by atoms with Crippen molar-refractivity contribution in [2.45, 2.75) is 167 Å². The first kappa shape index (κ1) is 51.9. The molecule has 0 aliphatic heterocycles. The van der Waals surface area contributed by atoms with Gasteiger partial charge in [-0.1, -0.05) is 133 Å². The summed E-state index contributed by atoms with van der Waals surface area (Å²) < 4.78 is 33.7. The highest BCUT2D eigenvalue weighted by Gasteiger charge is 2.21. The van der Waals surface area contributed by atoms with E-state index in [1.54, 1.807) is 0 Å². The van der Waals surface area contributed by atoms with E-state index in [1.807, 2.05) is 34.1 Å². The fourth-order valence-electron chi connectivity index (χ4n) is 5.27. The van der Waals surface area contributed by atoms with E-state index in [0.29, 0.717) is 23.9 Å². The molecule has 1 unspecified atom stereocenters. The average Bonchev–Trinajstić information content (AvgIpc) is 3.12. The molecule has 11 heteroatoms. The van der Waals surface area contributed by atoms with Crippen LogP contribution in [0.4, 0.5) is 0 Å². The number of carbonyl (C=O) groups is 2. The van der Waals surface area contributed by atoms with Crippen LogP contribution in [0.5, 0.6) is 0 Å². The molecule has 1 N–H and O–H groups in total. The molecule has 54 heavy (non-hydrogen) atoms. The summed E-state index contributed by atoms with van der Waals surface area (Å²) in [4.78, 5) is 37.4. The minimum atomic E-state index is -4.64. The second-order valence-corrected chi connectivity index (χ2v) is 16.6. The van der Waals surface area contributed by atoms with E-state index in [4.69, 9.17) is 18.5 Å². The van der Waals surface area contributed by atoms with E-state index >= 15 is 0 Å². The van der Waals surface area contributed by atoms with E-state index in [0.717, 1.165) is 64.2 Å². The lowest BCUT2D eigenvalue weighted by molar-refractivity contribution is -0.870. The van der Waals surface area contributed by atoms with Gasteiger partial charge >= 0.3 is 11.9 Å². The second kappa shape index (κ2) is 35.4. The van der Waals surface area contributed by atoms with Crippen molar-refractivity contribution < 1.29 is 47.2 Å². The van der Waals surface area contributed by atoms with Crippen LogP contribution in [0.3, 0.4) is 0 Å². The minimum Gasteiger partial charge on any atom is -0.756 e. The third-order valence-electron chi connectivity index (χ3n) is 8.77. The van der Waals surface area contributed by atoms with Gasteiger partial charge in [-0.05, 0) is 57.8 Å². The fraction of sp³-hybridized carbons (Fsp3) is 0.767. The predicted octanol–water partition coefficient (Wildman–Crippen LogP) is 9.86. The molecule has 0 aromatic carbocycles. The fourth-order valence-corrected chi connectivity index (χ4v) is 6.00. The van der Waals surface area contributed by atoms with Crippen LogP contribution in [0, 0.1) is 0 Å².